The van der Waals surface area contributed by atoms with Gasteiger partial charge in [0.2, 0.25) is 0 Å². The van der Waals surface area contributed by atoms with Crippen LogP contribution in [0.5, 0.6) is 5.75 Å². The highest BCUT2D eigenvalue weighted by Crippen LogP contribution is 2.15. The molecule has 4 nitrogen and oxygen atoms in total. The Kier molecular flexibility index (Phi) is 6.13. The van der Waals surface area contributed by atoms with Crippen LogP contribution in [0.2, 0.25) is 0 Å². The molecule has 0 aromatic heterocycles. The molecule has 0 aliphatic heterocycles. The number of nitrogens with one attached hydrogen (secondary N) is 1. The Morgan fingerprint density at radius 2 is 1.83 bits per heavy atom. The fraction of sp³-hybridized carbons (Fsp3) is 0.300. The van der Waals surface area contributed by atoms with Gasteiger partial charge in [-0.05, 0) is 48.6 Å². The summed E-state index contributed by atoms with van der Waals surface area (Å²) in [7, 11) is 0. The number of carbonyl (C=O) groups excluding carboxylic acids is 1. The third-order valence-electron chi connectivity index (χ3n) is 3.66. The van der Waals surface area contributed by atoms with Gasteiger partial charge in [0.15, 0.2) is 6.10 Å². The van der Waals surface area contributed by atoms with Crippen LogP contribution in [0.15, 0.2) is 53.6 Å². The predicted octanol–water partition coefficient (Wildman–Crippen LogP) is 4.04. The predicted molar refractivity (Wildman–Crippen MR) is 97.5 cm³/mol. The zero-order valence-electron chi connectivity index (χ0n) is 14.6. The second-order valence-electron chi connectivity index (χ2n) is 6.13. The Morgan fingerprint density at radius 1 is 1.12 bits per heavy atom. The highest BCUT2D eigenvalue weighted by Gasteiger charge is 2.13. The van der Waals surface area contributed by atoms with E-state index in [1.54, 1.807) is 13.1 Å². The van der Waals surface area contributed by atoms with Crippen LogP contribution in [0.1, 0.15) is 43.4 Å². The number of carbonyl (C=O) groups is 1. The molecule has 0 aliphatic rings. The van der Waals surface area contributed by atoms with E-state index in [9.17, 15) is 4.79 Å². The van der Waals surface area contributed by atoms with E-state index in [0.717, 1.165) is 11.1 Å². The second kappa shape index (κ2) is 8.29. The van der Waals surface area contributed by atoms with Gasteiger partial charge in [-0.3, -0.25) is 4.79 Å². The van der Waals surface area contributed by atoms with Crippen molar-refractivity contribution in [2.24, 2.45) is 5.10 Å². The Morgan fingerprint density at radius 3 is 2.46 bits per heavy atom. The Labute approximate surface area is 143 Å². The molecule has 0 heterocycles. The first kappa shape index (κ1) is 17.7. The number of aryl methyl sites for hydroxylation is 1. The van der Waals surface area contributed by atoms with E-state index in [1.165, 1.54) is 5.56 Å². The molecule has 24 heavy (non-hydrogen) atoms. The van der Waals surface area contributed by atoms with Crippen molar-refractivity contribution in [3.8, 4) is 5.75 Å². The first-order valence-corrected chi connectivity index (χ1v) is 8.12. The summed E-state index contributed by atoms with van der Waals surface area (Å²) in [6, 6.07) is 15.7. The van der Waals surface area contributed by atoms with Crippen molar-refractivity contribution < 1.29 is 9.53 Å². The number of benzene rings is 2. The lowest BCUT2D eigenvalue weighted by atomic mass is 10.0. The van der Waals surface area contributed by atoms with Crippen LogP contribution in [-0.2, 0) is 4.79 Å². The molecule has 2 rings (SSSR count). The van der Waals surface area contributed by atoms with Gasteiger partial charge in [0.1, 0.15) is 5.75 Å². The largest absolute Gasteiger partial charge is 0.481 e. The van der Waals surface area contributed by atoms with E-state index in [0.29, 0.717) is 11.7 Å². The molecule has 0 saturated carbocycles. The molecule has 1 amide bonds. The van der Waals surface area contributed by atoms with Gasteiger partial charge in [-0.25, -0.2) is 5.43 Å². The fourth-order valence-electron chi connectivity index (χ4n) is 2.17. The molecular formula is C20H24N2O2. The molecular weight excluding hydrogens is 300 g/mol. The quantitative estimate of drug-likeness (QED) is 0.644. The fourth-order valence-corrected chi connectivity index (χ4v) is 2.17. The van der Waals surface area contributed by atoms with E-state index in [-0.39, 0.29) is 5.91 Å². The zero-order valence-corrected chi connectivity index (χ0v) is 14.6. The van der Waals surface area contributed by atoms with Crippen molar-refractivity contribution in [2.75, 3.05) is 0 Å². The molecule has 0 bridgehead atoms. The van der Waals surface area contributed by atoms with Gasteiger partial charge in [0.25, 0.3) is 5.91 Å². The number of rotatable bonds is 6. The van der Waals surface area contributed by atoms with E-state index in [4.69, 9.17) is 4.74 Å². The molecule has 0 saturated heterocycles. The highest BCUT2D eigenvalue weighted by molar-refractivity contribution is 5.84. The van der Waals surface area contributed by atoms with Gasteiger partial charge in [-0.1, -0.05) is 50.2 Å². The summed E-state index contributed by atoms with van der Waals surface area (Å²) in [6.07, 6.45) is 1.01. The second-order valence-corrected chi connectivity index (χ2v) is 6.13. The van der Waals surface area contributed by atoms with Crippen molar-refractivity contribution in [2.45, 2.75) is 39.7 Å². The maximum atomic E-state index is 12.0. The molecule has 126 valence electrons. The minimum atomic E-state index is -0.618. The smallest absolute Gasteiger partial charge is 0.280 e. The summed E-state index contributed by atoms with van der Waals surface area (Å²) in [5.41, 5.74) is 5.81. The van der Waals surface area contributed by atoms with Gasteiger partial charge in [0, 0.05) is 0 Å². The van der Waals surface area contributed by atoms with Crippen molar-refractivity contribution in [3.63, 3.8) is 0 Å². The summed E-state index contributed by atoms with van der Waals surface area (Å²) < 4.78 is 5.62. The first-order valence-electron chi connectivity index (χ1n) is 8.12. The topological polar surface area (TPSA) is 50.7 Å². The van der Waals surface area contributed by atoms with Crippen molar-refractivity contribution >= 4 is 12.1 Å². The molecule has 2 aromatic carbocycles. The third-order valence-corrected chi connectivity index (χ3v) is 3.66. The van der Waals surface area contributed by atoms with Crippen molar-refractivity contribution in [1.82, 2.24) is 5.43 Å². The number of nitrogens with zero attached hydrogens (tertiary/aromatic N) is 1. The number of hydrazone groups is 1. The zero-order chi connectivity index (χ0) is 17.5. The average Bonchev–Trinajstić information content (AvgIpc) is 2.55. The minimum Gasteiger partial charge on any atom is -0.481 e. The van der Waals surface area contributed by atoms with Gasteiger partial charge < -0.3 is 4.74 Å². The lowest BCUT2D eigenvalue weighted by Crippen LogP contribution is -2.33. The average molecular weight is 324 g/mol. The number of amides is 1. The summed E-state index contributed by atoms with van der Waals surface area (Å²) in [5.74, 6) is 0.882. The SMILES string of the molecule is Cc1cccc(OC(C)C(=O)NN=Cc2ccc(C(C)C)cc2)c1. The summed E-state index contributed by atoms with van der Waals surface area (Å²) in [4.78, 5) is 12.0. The molecule has 0 spiro atoms. The lowest BCUT2D eigenvalue weighted by molar-refractivity contribution is -0.127. The number of hydrogen-bond donors (Lipinski definition) is 1. The summed E-state index contributed by atoms with van der Waals surface area (Å²) in [5, 5.41) is 3.99. The Balaban J connectivity index is 1.87. The van der Waals surface area contributed by atoms with Gasteiger partial charge in [0.05, 0.1) is 6.21 Å². The Hall–Kier alpha value is -2.62. The number of hydrogen-bond acceptors (Lipinski definition) is 3. The molecule has 4 heteroatoms. The van der Waals surface area contributed by atoms with Crippen molar-refractivity contribution in [3.05, 3.63) is 65.2 Å². The van der Waals surface area contributed by atoms with Crippen LogP contribution < -0.4 is 10.2 Å². The first-order chi connectivity index (χ1) is 11.5. The highest BCUT2D eigenvalue weighted by atomic mass is 16.5. The van der Waals surface area contributed by atoms with Crippen LogP contribution in [0.4, 0.5) is 0 Å². The molecule has 0 aliphatic carbocycles. The van der Waals surface area contributed by atoms with Crippen LogP contribution in [0.3, 0.4) is 0 Å². The maximum Gasteiger partial charge on any atom is 0.280 e. The van der Waals surface area contributed by atoms with Gasteiger partial charge >= 0.3 is 0 Å². The van der Waals surface area contributed by atoms with E-state index in [2.05, 4.69) is 36.5 Å². The molecule has 1 N–H and O–H groups in total. The summed E-state index contributed by atoms with van der Waals surface area (Å²) >= 11 is 0. The molecule has 2 aromatic rings. The minimum absolute atomic E-state index is 0.286. The third kappa shape index (κ3) is 5.23. The molecule has 1 unspecified atom stereocenters. The summed E-state index contributed by atoms with van der Waals surface area (Å²) in [6.45, 7) is 7.98. The van der Waals surface area contributed by atoms with Crippen molar-refractivity contribution in [1.29, 1.82) is 0 Å². The lowest BCUT2D eigenvalue weighted by Gasteiger charge is -2.13. The van der Waals surface area contributed by atoms with Gasteiger partial charge in [-0.15, -0.1) is 0 Å². The number of ether oxygens (including phenoxy) is 1. The van der Waals surface area contributed by atoms with E-state index in [1.807, 2.05) is 43.3 Å². The standard InChI is InChI=1S/C20H24N2O2/c1-14(2)18-10-8-17(9-11-18)13-21-22-20(23)16(4)24-19-7-5-6-15(3)12-19/h5-14,16H,1-4H3,(H,22,23). The maximum absolute atomic E-state index is 12.0. The van der Waals surface area contributed by atoms with Crippen LogP contribution in [0, 0.1) is 6.92 Å². The Bertz CT molecular complexity index is 706. The molecule has 0 fully saturated rings. The van der Waals surface area contributed by atoms with E-state index >= 15 is 0 Å². The van der Waals surface area contributed by atoms with Crippen LogP contribution in [-0.4, -0.2) is 18.2 Å². The monoisotopic (exact) mass is 324 g/mol. The van der Waals surface area contributed by atoms with E-state index < -0.39 is 6.10 Å². The van der Waals surface area contributed by atoms with Gasteiger partial charge in [-0.2, -0.15) is 5.10 Å². The van der Waals surface area contributed by atoms with Crippen LogP contribution in [0.25, 0.3) is 0 Å². The molecule has 1 atom stereocenters. The molecule has 0 radical (unpaired) electrons. The normalized spacial score (nSPS) is 12.4. The van der Waals surface area contributed by atoms with Crippen LogP contribution >= 0.6 is 0 Å².